The number of rotatable bonds is 3. The van der Waals surface area contributed by atoms with Gasteiger partial charge in [-0.3, -0.25) is 4.98 Å². The molecule has 1 aliphatic carbocycles. The number of pyridine rings is 2. The van der Waals surface area contributed by atoms with Gasteiger partial charge in [-0.05, 0) is 43.0 Å². The van der Waals surface area contributed by atoms with Crippen LogP contribution in [-0.4, -0.2) is 14.4 Å². The van der Waals surface area contributed by atoms with E-state index in [0.717, 1.165) is 30.7 Å². The molecule has 4 nitrogen and oxygen atoms in total. The summed E-state index contributed by atoms with van der Waals surface area (Å²) in [4.78, 5) is 9.20. The summed E-state index contributed by atoms with van der Waals surface area (Å²) >= 11 is 0. The van der Waals surface area contributed by atoms with Crippen molar-refractivity contribution in [2.75, 3.05) is 0 Å². The summed E-state index contributed by atoms with van der Waals surface area (Å²) in [5.74, 6) is 0. The van der Waals surface area contributed by atoms with E-state index in [0.29, 0.717) is 6.04 Å². The van der Waals surface area contributed by atoms with Gasteiger partial charge in [-0.1, -0.05) is 12.1 Å². The van der Waals surface area contributed by atoms with Crippen molar-refractivity contribution in [1.29, 1.82) is 0 Å². The van der Waals surface area contributed by atoms with Crippen molar-refractivity contribution >= 4 is 5.65 Å². The minimum absolute atomic E-state index is 0.347. The average molecular weight is 278 g/mol. The van der Waals surface area contributed by atoms with Crippen LogP contribution in [0.4, 0.5) is 0 Å². The van der Waals surface area contributed by atoms with Crippen LogP contribution in [0.3, 0.4) is 0 Å². The first-order chi connectivity index (χ1) is 10.4. The van der Waals surface area contributed by atoms with Crippen LogP contribution >= 0.6 is 0 Å². The molecule has 0 spiro atoms. The van der Waals surface area contributed by atoms with Crippen molar-refractivity contribution in [3.05, 3.63) is 65.9 Å². The van der Waals surface area contributed by atoms with Gasteiger partial charge in [0, 0.05) is 25.1 Å². The van der Waals surface area contributed by atoms with Gasteiger partial charge in [-0.2, -0.15) is 0 Å². The molecular weight excluding hydrogens is 260 g/mol. The molecule has 3 aromatic rings. The summed E-state index contributed by atoms with van der Waals surface area (Å²) in [5, 5.41) is 3.62. The van der Waals surface area contributed by atoms with E-state index in [-0.39, 0.29) is 0 Å². The number of nitrogens with one attached hydrogen (secondary N) is 1. The van der Waals surface area contributed by atoms with Crippen LogP contribution in [-0.2, 0) is 13.0 Å². The van der Waals surface area contributed by atoms with Gasteiger partial charge < -0.3 is 9.72 Å². The Morgan fingerprint density at radius 3 is 3.19 bits per heavy atom. The molecule has 3 aromatic heterocycles. The third kappa shape index (κ3) is 2.43. The molecule has 0 saturated heterocycles. The summed E-state index contributed by atoms with van der Waals surface area (Å²) in [6.45, 7) is 0.780. The lowest BCUT2D eigenvalue weighted by atomic mass is 9.92. The lowest BCUT2D eigenvalue weighted by Gasteiger charge is -2.24. The van der Waals surface area contributed by atoms with E-state index in [9.17, 15) is 0 Å². The Labute approximate surface area is 123 Å². The van der Waals surface area contributed by atoms with Crippen LogP contribution in [0, 0.1) is 0 Å². The second kappa shape index (κ2) is 5.30. The molecule has 0 aliphatic heterocycles. The summed E-state index contributed by atoms with van der Waals surface area (Å²) in [6.07, 6.45) is 9.53. The molecule has 0 aromatic carbocycles. The lowest BCUT2D eigenvalue weighted by molar-refractivity contribution is 0.445. The van der Waals surface area contributed by atoms with Gasteiger partial charge in [-0.15, -0.1) is 0 Å². The number of aryl methyl sites for hydroxylation is 1. The van der Waals surface area contributed by atoms with Crippen molar-refractivity contribution in [2.24, 2.45) is 0 Å². The molecule has 4 heteroatoms. The zero-order valence-corrected chi connectivity index (χ0v) is 11.9. The molecule has 0 saturated carbocycles. The zero-order valence-electron chi connectivity index (χ0n) is 11.9. The first-order valence-corrected chi connectivity index (χ1v) is 7.50. The normalized spacial score (nSPS) is 17.8. The standard InChI is InChI=1S/C17H18N4/c1-2-10-21-12-14(20-16(21)8-1)11-19-15-7-3-5-13-6-4-9-18-17(13)15/h1-2,4,6,8-10,12,15,19H,3,5,7,11H2/t15-/m1/s1. The van der Waals surface area contributed by atoms with Gasteiger partial charge in [0.05, 0.1) is 17.4 Å². The van der Waals surface area contributed by atoms with Crippen LogP contribution in [0.2, 0.25) is 0 Å². The smallest absolute Gasteiger partial charge is 0.137 e. The molecule has 21 heavy (non-hydrogen) atoms. The van der Waals surface area contributed by atoms with Gasteiger partial charge in [0.15, 0.2) is 0 Å². The van der Waals surface area contributed by atoms with Gasteiger partial charge in [-0.25, -0.2) is 4.98 Å². The Kier molecular flexibility index (Phi) is 3.16. The second-order valence-corrected chi connectivity index (χ2v) is 5.57. The predicted molar refractivity (Wildman–Crippen MR) is 81.9 cm³/mol. The van der Waals surface area contributed by atoms with E-state index in [2.05, 4.69) is 31.9 Å². The first kappa shape index (κ1) is 12.5. The number of hydrogen-bond acceptors (Lipinski definition) is 3. The van der Waals surface area contributed by atoms with Crippen LogP contribution in [0.25, 0.3) is 5.65 Å². The highest BCUT2D eigenvalue weighted by atomic mass is 15.0. The molecule has 0 radical (unpaired) electrons. The molecule has 106 valence electrons. The third-order valence-electron chi connectivity index (χ3n) is 4.14. The molecule has 1 atom stereocenters. The molecule has 0 fully saturated rings. The maximum atomic E-state index is 4.63. The van der Waals surface area contributed by atoms with E-state index in [4.69, 9.17) is 0 Å². The van der Waals surface area contributed by atoms with Crippen LogP contribution in [0.5, 0.6) is 0 Å². The fourth-order valence-electron chi connectivity index (χ4n) is 3.11. The third-order valence-corrected chi connectivity index (χ3v) is 4.14. The Bertz CT molecular complexity index is 729. The van der Waals surface area contributed by atoms with E-state index in [1.165, 1.54) is 17.7 Å². The van der Waals surface area contributed by atoms with Crippen molar-refractivity contribution in [1.82, 2.24) is 19.7 Å². The summed E-state index contributed by atoms with van der Waals surface area (Å²) < 4.78 is 2.06. The summed E-state index contributed by atoms with van der Waals surface area (Å²) in [6, 6.07) is 10.6. The fourth-order valence-corrected chi connectivity index (χ4v) is 3.11. The molecular formula is C17H18N4. The van der Waals surface area contributed by atoms with Gasteiger partial charge in [0.1, 0.15) is 5.65 Å². The number of hydrogen-bond donors (Lipinski definition) is 1. The van der Waals surface area contributed by atoms with Crippen molar-refractivity contribution in [3.63, 3.8) is 0 Å². The molecule has 1 aliphatic rings. The van der Waals surface area contributed by atoms with Crippen LogP contribution in [0.15, 0.2) is 48.9 Å². The van der Waals surface area contributed by atoms with Crippen LogP contribution in [0.1, 0.15) is 35.8 Å². The molecule has 0 unspecified atom stereocenters. The van der Waals surface area contributed by atoms with Gasteiger partial charge in [0.2, 0.25) is 0 Å². The Hall–Kier alpha value is -2.20. The largest absolute Gasteiger partial charge is 0.307 e. The number of aromatic nitrogens is 3. The molecule has 1 N–H and O–H groups in total. The van der Waals surface area contributed by atoms with Crippen molar-refractivity contribution in [2.45, 2.75) is 31.8 Å². The minimum Gasteiger partial charge on any atom is -0.307 e. The van der Waals surface area contributed by atoms with Gasteiger partial charge in [0.25, 0.3) is 0 Å². The second-order valence-electron chi connectivity index (χ2n) is 5.57. The van der Waals surface area contributed by atoms with Crippen molar-refractivity contribution in [3.8, 4) is 0 Å². The SMILES string of the molecule is c1cnc2c(c1)CCC[C@H]2NCc1cn2ccccc2n1. The Balaban J connectivity index is 1.52. The van der Waals surface area contributed by atoms with Crippen LogP contribution < -0.4 is 5.32 Å². The number of nitrogens with zero attached hydrogens (tertiary/aromatic N) is 3. The maximum absolute atomic E-state index is 4.63. The topological polar surface area (TPSA) is 42.2 Å². The summed E-state index contributed by atoms with van der Waals surface area (Å²) in [7, 11) is 0. The maximum Gasteiger partial charge on any atom is 0.137 e. The monoisotopic (exact) mass is 278 g/mol. The lowest BCUT2D eigenvalue weighted by Crippen LogP contribution is -2.26. The Morgan fingerprint density at radius 1 is 1.24 bits per heavy atom. The van der Waals surface area contributed by atoms with E-state index in [1.54, 1.807) is 0 Å². The first-order valence-electron chi connectivity index (χ1n) is 7.50. The molecule has 0 bridgehead atoms. The molecule has 0 amide bonds. The zero-order chi connectivity index (χ0) is 14.1. The highest BCUT2D eigenvalue weighted by Gasteiger charge is 2.20. The number of fused-ring (bicyclic) bond motifs is 2. The van der Waals surface area contributed by atoms with E-state index in [1.807, 2.05) is 36.7 Å². The van der Waals surface area contributed by atoms with Gasteiger partial charge >= 0.3 is 0 Å². The minimum atomic E-state index is 0.347. The highest BCUT2D eigenvalue weighted by molar-refractivity contribution is 5.39. The van der Waals surface area contributed by atoms with E-state index < -0.39 is 0 Å². The molecule has 3 heterocycles. The summed E-state index contributed by atoms with van der Waals surface area (Å²) in [5.41, 5.74) is 4.67. The highest BCUT2D eigenvalue weighted by Crippen LogP contribution is 2.27. The number of imidazole rings is 1. The average Bonchev–Trinajstić information content (AvgIpc) is 2.96. The Morgan fingerprint density at radius 2 is 2.24 bits per heavy atom. The van der Waals surface area contributed by atoms with Crippen molar-refractivity contribution < 1.29 is 0 Å². The quantitative estimate of drug-likeness (QED) is 0.801. The van der Waals surface area contributed by atoms with E-state index >= 15 is 0 Å². The predicted octanol–water partition coefficient (Wildman–Crippen LogP) is 2.90. The molecule has 4 rings (SSSR count). The fraction of sp³-hybridized carbons (Fsp3) is 0.294.